The number of likely N-dealkylation sites (N-methyl/N-ethyl adjacent to an activating group) is 1. The lowest BCUT2D eigenvalue weighted by molar-refractivity contribution is -0.135. The Labute approximate surface area is 189 Å². The van der Waals surface area contributed by atoms with Gasteiger partial charge in [-0.15, -0.1) is 0 Å². The lowest BCUT2D eigenvalue weighted by atomic mass is 10.00. The van der Waals surface area contributed by atoms with E-state index < -0.39 is 17.7 Å². The van der Waals surface area contributed by atoms with E-state index in [9.17, 15) is 19.8 Å². The molecule has 1 aliphatic rings. The molecule has 2 N–H and O–H groups in total. The number of methoxy groups -OCH3 is 1. The first-order chi connectivity index (χ1) is 15.0. The SMILES string of the molecule is COCC(=O)N(C)C[C@@H]1Oc2ncc(C#CC(C)(C)O)cc2C(=O)N([C@H](C)CO)C[C@@H]1C. The van der Waals surface area contributed by atoms with Gasteiger partial charge in [0.2, 0.25) is 11.8 Å². The predicted octanol–water partition coefficient (Wildman–Crippen LogP) is 0.529. The van der Waals surface area contributed by atoms with E-state index in [0.29, 0.717) is 12.1 Å². The molecular formula is C23H33N3O6. The molecular weight excluding hydrogens is 414 g/mol. The van der Waals surface area contributed by atoms with E-state index in [4.69, 9.17) is 9.47 Å². The molecule has 0 saturated carbocycles. The van der Waals surface area contributed by atoms with Crippen molar-refractivity contribution < 1.29 is 29.3 Å². The Bertz CT molecular complexity index is 886. The highest BCUT2D eigenvalue weighted by Crippen LogP contribution is 2.27. The maximum absolute atomic E-state index is 13.3. The van der Waals surface area contributed by atoms with E-state index in [2.05, 4.69) is 16.8 Å². The number of ether oxygens (including phenoxy) is 2. The minimum absolute atomic E-state index is 0.0399. The van der Waals surface area contributed by atoms with Gasteiger partial charge in [-0.25, -0.2) is 4.98 Å². The van der Waals surface area contributed by atoms with Crippen molar-refractivity contribution in [3.05, 3.63) is 23.4 Å². The Morgan fingerprint density at radius 3 is 2.78 bits per heavy atom. The smallest absolute Gasteiger partial charge is 0.259 e. The zero-order valence-electron chi connectivity index (χ0n) is 19.6. The van der Waals surface area contributed by atoms with E-state index in [-0.39, 0.29) is 48.9 Å². The highest BCUT2D eigenvalue weighted by molar-refractivity contribution is 5.97. The van der Waals surface area contributed by atoms with E-state index in [1.54, 1.807) is 38.8 Å². The van der Waals surface area contributed by atoms with Crippen LogP contribution in [0.25, 0.3) is 0 Å². The number of rotatable bonds is 6. The van der Waals surface area contributed by atoms with E-state index in [0.717, 1.165) is 0 Å². The molecule has 3 atom stereocenters. The summed E-state index contributed by atoms with van der Waals surface area (Å²) in [4.78, 5) is 32.9. The van der Waals surface area contributed by atoms with Crippen molar-refractivity contribution in [3.8, 4) is 17.7 Å². The number of aliphatic hydroxyl groups excluding tert-OH is 1. The first-order valence-corrected chi connectivity index (χ1v) is 10.5. The fourth-order valence-electron chi connectivity index (χ4n) is 3.22. The van der Waals surface area contributed by atoms with Crippen LogP contribution in [0.1, 0.15) is 43.6 Å². The Hall–Kier alpha value is -2.67. The van der Waals surface area contributed by atoms with Crippen LogP contribution in [0.5, 0.6) is 5.88 Å². The number of fused-ring (bicyclic) bond motifs is 1. The fourth-order valence-corrected chi connectivity index (χ4v) is 3.22. The highest BCUT2D eigenvalue weighted by atomic mass is 16.5. The molecule has 0 spiro atoms. The number of pyridine rings is 1. The summed E-state index contributed by atoms with van der Waals surface area (Å²) >= 11 is 0. The highest BCUT2D eigenvalue weighted by Gasteiger charge is 2.34. The summed E-state index contributed by atoms with van der Waals surface area (Å²) in [6, 6.07) is 1.16. The van der Waals surface area contributed by atoms with Gasteiger partial charge >= 0.3 is 0 Å². The molecule has 0 radical (unpaired) electrons. The van der Waals surface area contributed by atoms with Crippen LogP contribution in [-0.4, -0.2) is 95.0 Å². The maximum atomic E-state index is 13.3. The number of nitrogens with zero attached hydrogens (tertiary/aromatic N) is 3. The molecule has 0 bridgehead atoms. The largest absolute Gasteiger partial charge is 0.472 e. The van der Waals surface area contributed by atoms with Gasteiger partial charge in [0.05, 0.1) is 19.2 Å². The Kier molecular flexibility index (Phi) is 8.61. The van der Waals surface area contributed by atoms with E-state index in [1.165, 1.54) is 18.2 Å². The lowest BCUT2D eigenvalue weighted by Gasteiger charge is -2.37. The molecule has 2 rings (SSSR count). The minimum atomic E-state index is -1.19. The van der Waals surface area contributed by atoms with Gasteiger partial charge in [-0.1, -0.05) is 18.8 Å². The Morgan fingerprint density at radius 2 is 2.19 bits per heavy atom. The second kappa shape index (κ2) is 10.8. The normalized spacial score (nSPS) is 19.6. The molecule has 9 nitrogen and oxygen atoms in total. The molecule has 0 fully saturated rings. The van der Waals surface area contributed by atoms with Gasteiger partial charge in [0.25, 0.3) is 5.91 Å². The molecule has 1 aliphatic heterocycles. The van der Waals surface area contributed by atoms with Crippen LogP contribution >= 0.6 is 0 Å². The number of aromatic nitrogens is 1. The third-order valence-electron chi connectivity index (χ3n) is 5.18. The molecule has 1 aromatic heterocycles. The molecule has 0 aliphatic carbocycles. The quantitative estimate of drug-likeness (QED) is 0.612. The fraction of sp³-hybridized carbons (Fsp3) is 0.609. The first-order valence-electron chi connectivity index (χ1n) is 10.5. The summed E-state index contributed by atoms with van der Waals surface area (Å²) in [5, 5.41) is 19.6. The summed E-state index contributed by atoms with van der Waals surface area (Å²) in [6.45, 7) is 7.19. The predicted molar refractivity (Wildman–Crippen MR) is 118 cm³/mol. The van der Waals surface area contributed by atoms with Crippen LogP contribution in [0.15, 0.2) is 12.3 Å². The van der Waals surface area contributed by atoms with Gasteiger partial charge in [-0.2, -0.15) is 0 Å². The van der Waals surface area contributed by atoms with Crippen molar-refractivity contribution in [2.45, 2.75) is 45.4 Å². The summed E-state index contributed by atoms with van der Waals surface area (Å²) in [5.41, 5.74) is -0.519. The van der Waals surface area contributed by atoms with E-state index >= 15 is 0 Å². The van der Waals surface area contributed by atoms with E-state index in [1.807, 2.05) is 6.92 Å². The summed E-state index contributed by atoms with van der Waals surface area (Å²) in [7, 11) is 3.12. The van der Waals surface area contributed by atoms with Gasteiger partial charge in [0.1, 0.15) is 23.9 Å². The van der Waals surface area contributed by atoms with Crippen LogP contribution in [0.4, 0.5) is 0 Å². The molecule has 9 heteroatoms. The standard InChI is InChI=1S/C23H33N3O6/c1-15-11-26(16(2)13-27)22(29)18-9-17(7-8-23(3,4)30)10-24-21(18)32-19(15)12-25(5)20(28)14-31-6/h9-10,15-16,19,27,30H,11-14H2,1-6H3/t15-,16+,19-/m0/s1. The van der Waals surface area contributed by atoms with Crippen molar-refractivity contribution in [2.75, 3.05) is 40.5 Å². The molecule has 0 aromatic carbocycles. The van der Waals surface area contributed by atoms with Gasteiger partial charge in [0, 0.05) is 38.4 Å². The minimum Gasteiger partial charge on any atom is -0.472 e. The molecule has 176 valence electrons. The number of amides is 2. The van der Waals surface area contributed by atoms with Crippen molar-refractivity contribution >= 4 is 11.8 Å². The third kappa shape index (κ3) is 6.66. The lowest BCUT2D eigenvalue weighted by Crippen LogP contribution is -2.50. The number of hydrogen-bond acceptors (Lipinski definition) is 7. The summed E-state index contributed by atoms with van der Waals surface area (Å²) in [5.74, 6) is 5.02. The molecule has 1 aromatic rings. The van der Waals surface area contributed by atoms with Crippen LogP contribution in [0, 0.1) is 17.8 Å². The van der Waals surface area contributed by atoms with Gasteiger partial charge < -0.3 is 29.5 Å². The number of carbonyl (C=O) groups is 2. The van der Waals surface area contributed by atoms with Crippen molar-refractivity contribution in [1.29, 1.82) is 0 Å². The van der Waals surface area contributed by atoms with Crippen molar-refractivity contribution in [2.24, 2.45) is 5.92 Å². The molecule has 32 heavy (non-hydrogen) atoms. The average molecular weight is 448 g/mol. The van der Waals surface area contributed by atoms with Gasteiger partial charge in [-0.05, 0) is 26.8 Å². The summed E-state index contributed by atoms with van der Waals surface area (Å²) < 4.78 is 11.1. The first kappa shape index (κ1) is 25.6. The van der Waals surface area contributed by atoms with Gasteiger partial charge in [-0.3, -0.25) is 9.59 Å². The van der Waals surface area contributed by atoms with Crippen molar-refractivity contribution in [1.82, 2.24) is 14.8 Å². The summed E-state index contributed by atoms with van der Waals surface area (Å²) in [6.07, 6.45) is 1.04. The van der Waals surface area contributed by atoms with Crippen molar-refractivity contribution in [3.63, 3.8) is 0 Å². The Balaban J connectivity index is 2.46. The molecule has 2 heterocycles. The zero-order chi connectivity index (χ0) is 24.1. The van der Waals surface area contributed by atoms with Gasteiger partial charge in [0.15, 0.2) is 0 Å². The molecule has 0 unspecified atom stereocenters. The van der Waals surface area contributed by atoms with Crippen LogP contribution < -0.4 is 4.74 Å². The molecule has 0 saturated heterocycles. The number of aliphatic hydroxyl groups is 2. The van der Waals surface area contributed by atoms with Crippen LogP contribution in [-0.2, 0) is 9.53 Å². The number of carbonyl (C=O) groups excluding carboxylic acids is 2. The van der Waals surface area contributed by atoms with Crippen LogP contribution in [0.3, 0.4) is 0 Å². The Morgan fingerprint density at radius 1 is 1.50 bits per heavy atom. The van der Waals surface area contributed by atoms with Crippen LogP contribution in [0.2, 0.25) is 0 Å². The average Bonchev–Trinajstić information content (AvgIpc) is 2.73. The monoisotopic (exact) mass is 447 g/mol. The second-order valence-electron chi connectivity index (χ2n) is 8.72. The number of hydrogen-bond donors (Lipinski definition) is 2. The topological polar surface area (TPSA) is 112 Å². The molecule has 2 amide bonds. The zero-order valence-corrected chi connectivity index (χ0v) is 19.6. The second-order valence-corrected chi connectivity index (χ2v) is 8.72. The third-order valence-corrected chi connectivity index (χ3v) is 5.18. The maximum Gasteiger partial charge on any atom is 0.259 e.